The lowest BCUT2D eigenvalue weighted by molar-refractivity contribution is 0.524. The minimum atomic E-state index is 0.503. The molecule has 2 aliphatic rings. The van der Waals surface area contributed by atoms with Crippen molar-refractivity contribution in [3.8, 4) is 0 Å². The molecule has 1 aromatic carbocycles. The third-order valence-electron chi connectivity index (χ3n) is 3.59. The van der Waals surface area contributed by atoms with E-state index in [9.17, 15) is 0 Å². The molecule has 2 N–H and O–H groups in total. The van der Waals surface area contributed by atoms with E-state index >= 15 is 0 Å². The second kappa shape index (κ2) is 4.65. The lowest BCUT2D eigenvalue weighted by atomic mass is 9.88. The van der Waals surface area contributed by atoms with E-state index in [-0.39, 0.29) is 0 Å². The molecule has 0 radical (unpaired) electrons. The minimum absolute atomic E-state index is 0.503. The van der Waals surface area contributed by atoms with Crippen LogP contribution in [0.3, 0.4) is 0 Å². The molecule has 17 heavy (non-hydrogen) atoms. The summed E-state index contributed by atoms with van der Waals surface area (Å²) in [6, 6.07) is 9.88. The lowest BCUT2D eigenvalue weighted by Crippen LogP contribution is -2.45. The molecule has 90 valence electrons. The van der Waals surface area contributed by atoms with Crippen LogP contribution in [0, 0.1) is 0 Å². The number of hydrogen-bond acceptors (Lipinski definition) is 1. The molecule has 1 fully saturated rings. The molecule has 2 nitrogen and oxygen atoms in total. The van der Waals surface area contributed by atoms with Crippen molar-refractivity contribution in [1.29, 1.82) is 0 Å². The van der Waals surface area contributed by atoms with Gasteiger partial charge in [-0.05, 0) is 55.4 Å². The Morgan fingerprint density at radius 3 is 2.47 bits per heavy atom. The second-order valence-corrected chi connectivity index (χ2v) is 5.51. The molecule has 0 aromatic heterocycles. The largest absolute Gasteiger partial charge is 0.360 e. The van der Waals surface area contributed by atoms with Crippen LogP contribution >= 0.6 is 12.2 Å². The van der Waals surface area contributed by atoms with Crippen molar-refractivity contribution >= 4 is 17.3 Å². The van der Waals surface area contributed by atoms with Crippen LogP contribution < -0.4 is 10.6 Å². The summed E-state index contributed by atoms with van der Waals surface area (Å²) in [5, 5.41) is 7.64. The Kier molecular flexibility index (Phi) is 3.02. The molecule has 3 rings (SSSR count). The van der Waals surface area contributed by atoms with Crippen molar-refractivity contribution in [3.63, 3.8) is 0 Å². The summed E-state index contributed by atoms with van der Waals surface area (Å²) in [6.07, 6.45) is 6.00. The first-order chi connectivity index (χ1) is 8.31. The van der Waals surface area contributed by atoms with Gasteiger partial charge < -0.3 is 10.6 Å². The van der Waals surface area contributed by atoms with Crippen molar-refractivity contribution in [2.24, 2.45) is 0 Å². The van der Waals surface area contributed by atoms with Crippen LogP contribution in [0.2, 0.25) is 0 Å². The minimum Gasteiger partial charge on any atom is -0.360 e. The standard InChI is InChI=1S/C14H18N2S/c17-14(15-12-7-8-12)16-13-6-5-10-3-1-2-4-11(10)9-13/h1-4,12-13H,5-9H2,(H2,15,16,17). The average Bonchev–Trinajstić information content (AvgIpc) is 3.12. The monoisotopic (exact) mass is 246 g/mol. The Morgan fingerprint density at radius 1 is 1.00 bits per heavy atom. The molecule has 3 heteroatoms. The highest BCUT2D eigenvalue weighted by atomic mass is 32.1. The molecule has 0 amide bonds. The highest BCUT2D eigenvalue weighted by Gasteiger charge is 2.23. The van der Waals surface area contributed by atoms with Crippen LogP contribution in [0.4, 0.5) is 0 Å². The third-order valence-corrected chi connectivity index (χ3v) is 3.83. The molecule has 0 bridgehead atoms. The molecule has 1 saturated carbocycles. The van der Waals surface area contributed by atoms with Gasteiger partial charge in [-0.2, -0.15) is 0 Å². The van der Waals surface area contributed by atoms with Gasteiger partial charge in [-0.25, -0.2) is 0 Å². The SMILES string of the molecule is S=C(NC1CC1)NC1CCc2ccccc2C1. The van der Waals surface area contributed by atoms with Crippen LogP contribution in [-0.4, -0.2) is 17.2 Å². The van der Waals surface area contributed by atoms with Crippen molar-refractivity contribution in [3.05, 3.63) is 35.4 Å². The fourth-order valence-electron chi connectivity index (χ4n) is 2.46. The smallest absolute Gasteiger partial charge is 0.166 e. The van der Waals surface area contributed by atoms with Gasteiger partial charge in [0.1, 0.15) is 0 Å². The van der Waals surface area contributed by atoms with E-state index in [4.69, 9.17) is 12.2 Å². The summed E-state index contributed by atoms with van der Waals surface area (Å²) in [6.45, 7) is 0. The van der Waals surface area contributed by atoms with E-state index in [0.717, 1.165) is 11.5 Å². The van der Waals surface area contributed by atoms with Gasteiger partial charge >= 0.3 is 0 Å². The highest BCUT2D eigenvalue weighted by Crippen LogP contribution is 2.21. The maximum Gasteiger partial charge on any atom is 0.166 e. The average molecular weight is 246 g/mol. The van der Waals surface area contributed by atoms with E-state index in [1.807, 2.05) is 0 Å². The number of rotatable bonds is 2. The Balaban J connectivity index is 1.57. The predicted molar refractivity (Wildman–Crippen MR) is 74.1 cm³/mol. The van der Waals surface area contributed by atoms with Gasteiger partial charge in [0.2, 0.25) is 0 Å². The Hall–Kier alpha value is -1.09. The van der Waals surface area contributed by atoms with Gasteiger partial charge in [0, 0.05) is 12.1 Å². The zero-order chi connectivity index (χ0) is 11.7. The van der Waals surface area contributed by atoms with E-state index < -0.39 is 0 Å². The van der Waals surface area contributed by atoms with Gasteiger partial charge in [0.25, 0.3) is 0 Å². The van der Waals surface area contributed by atoms with Crippen LogP contribution in [0.5, 0.6) is 0 Å². The van der Waals surface area contributed by atoms with Crippen LogP contribution in [0.1, 0.15) is 30.4 Å². The molecule has 2 aliphatic carbocycles. The van der Waals surface area contributed by atoms with Gasteiger partial charge in [-0.15, -0.1) is 0 Å². The molecular formula is C14H18N2S. The molecule has 0 aliphatic heterocycles. The molecule has 1 aromatic rings. The lowest BCUT2D eigenvalue weighted by Gasteiger charge is -2.26. The van der Waals surface area contributed by atoms with Crippen LogP contribution in [0.25, 0.3) is 0 Å². The highest BCUT2D eigenvalue weighted by molar-refractivity contribution is 7.80. The maximum atomic E-state index is 5.33. The quantitative estimate of drug-likeness (QED) is 0.782. The van der Waals surface area contributed by atoms with Crippen LogP contribution in [-0.2, 0) is 12.8 Å². The number of hydrogen-bond donors (Lipinski definition) is 2. The third kappa shape index (κ3) is 2.78. The van der Waals surface area contributed by atoms with Gasteiger partial charge in [-0.3, -0.25) is 0 Å². The number of benzene rings is 1. The Bertz CT molecular complexity index is 426. The fourth-order valence-corrected chi connectivity index (χ4v) is 2.79. The molecule has 1 unspecified atom stereocenters. The second-order valence-electron chi connectivity index (χ2n) is 5.10. The van der Waals surface area contributed by atoms with Gasteiger partial charge in [0.05, 0.1) is 0 Å². The first kappa shape index (κ1) is 11.0. The number of aryl methyl sites for hydroxylation is 1. The zero-order valence-electron chi connectivity index (χ0n) is 9.91. The van der Waals surface area contributed by atoms with Gasteiger partial charge in [0.15, 0.2) is 5.11 Å². The van der Waals surface area contributed by atoms with E-state index in [0.29, 0.717) is 12.1 Å². The molecular weight excluding hydrogens is 228 g/mol. The Morgan fingerprint density at radius 2 is 1.71 bits per heavy atom. The van der Waals surface area contributed by atoms with E-state index in [1.165, 1.54) is 36.8 Å². The molecule has 1 atom stereocenters. The van der Waals surface area contributed by atoms with E-state index in [1.54, 1.807) is 0 Å². The normalized spacial score (nSPS) is 22.7. The summed E-state index contributed by atoms with van der Waals surface area (Å²) < 4.78 is 0. The summed E-state index contributed by atoms with van der Waals surface area (Å²) in [5.74, 6) is 0. The first-order valence-electron chi connectivity index (χ1n) is 6.45. The molecule has 0 heterocycles. The number of nitrogens with one attached hydrogen (secondary N) is 2. The van der Waals surface area contributed by atoms with Crippen LogP contribution in [0.15, 0.2) is 24.3 Å². The number of thiocarbonyl (C=S) groups is 1. The van der Waals surface area contributed by atoms with Crippen molar-refractivity contribution < 1.29 is 0 Å². The zero-order valence-corrected chi connectivity index (χ0v) is 10.7. The number of fused-ring (bicyclic) bond motifs is 1. The summed E-state index contributed by atoms with van der Waals surface area (Å²) >= 11 is 5.33. The maximum absolute atomic E-state index is 5.33. The molecule has 0 saturated heterocycles. The fraction of sp³-hybridized carbons (Fsp3) is 0.500. The first-order valence-corrected chi connectivity index (χ1v) is 6.86. The predicted octanol–water partition coefficient (Wildman–Crippen LogP) is 2.17. The van der Waals surface area contributed by atoms with Crippen molar-refractivity contribution in [1.82, 2.24) is 10.6 Å². The van der Waals surface area contributed by atoms with Gasteiger partial charge in [-0.1, -0.05) is 24.3 Å². The molecule has 0 spiro atoms. The van der Waals surface area contributed by atoms with E-state index in [2.05, 4.69) is 34.9 Å². The summed E-state index contributed by atoms with van der Waals surface area (Å²) in [7, 11) is 0. The van der Waals surface area contributed by atoms with Crippen molar-refractivity contribution in [2.75, 3.05) is 0 Å². The topological polar surface area (TPSA) is 24.1 Å². The Labute approximate surface area is 108 Å². The summed E-state index contributed by atoms with van der Waals surface area (Å²) in [5.41, 5.74) is 2.98. The summed E-state index contributed by atoms with van der Waals surface area (Å²) in [4.78, 5) is 0. The van der Waals surface area contributed by atoms with Crippen molar-refractivity contribution in [2.45, 2.75) is 44.2 Å².